The van der Waals surface area contributed by atoms with Crippen LogP contribution in [-0.4, -0.2) is 28.5 Å². The molecule has 0 atom stereocenters. The van der Waals surface area contributed by atoms with Gasteiger partial charge in [-0.3, -0.25) is 19.3 Å². The van der Waals surface area contributed by atoms with Crippen molar-refractivity contribution in [3.05, 3.63) is 69.8 Å². The molecule has 1 saturated heterocycles. The number of hydrogen-bond acceptors (Lipinski definition) is 5. The molecule has 3 amide bonds. The molecule has 4 rings (SSSR count). The molecule has 0 radical (unpaired) electrons. The Kier molecular flexibility index (Phi) is 4.79. The van der Waals surface area contributed by atoms with E-state index in [1.165, 1.54) is 11.3 Å². The number of thiophene rings is 1. The molecule has 7 heteroatoms. The van der Waals surface area contributed by atoms with Crippen LogP contribution >= 0.6 is 23.1 Å². The number of carbonyl (C=O) groups is 3. The first-order chi connectivity index (χ1) is 13.1. The van der Waals surface area contributed by atoms with Gasteiger partial charge in [0.25, 0.3) is 11.1 Å². The third-order valence-corrected chi connectivity index (χ3v) is 5.78. The van der Waals surface area contributed by atoms with E-state index >= 15 is 0 Å². The number of nitrogens with one attached hydrogen (secondary N) is 1. The number of thioether (sulfide) groups is 1. The van der Waals surface area contributed by atoms with Crippen molar-refractivity contribution < 1.29 is 14.4 Å². The summed E-state index contributed by atoms with van der Waals surface area (Å²) in [7, 11) is 0. The molecular formula is C20H14N2O3S2. The summed E-state index contributed by atoms with van der Waals surface area (Å²) in [5.41, 5.74) is 0.652. The van der Waals surface area contributed by atoms with Gasteiger partial charge in [0, 0.05) is 16.0 Å². The van der Waals surface area contributed by atoms with Gasteiger partial charge >= 0.3 is 0 Å². The molecular weight excluding hydrogens is 380 g/mol. The van der Waals surface area contributed by atoms with Gasteiger partial charge in [0.2, 0.25) is 5.91 Å². The number of anilines is 1. The molecule has 27 heavy (non-hydrogen) atoms. The van der Waals surface area contributed by atoms with E-state index in [-0.39, 0.29) is 6.54 Å². The highest BCUT2D eigenvalue weighted by atomic mass is 32.2. The number of benzene rings is 2. The SMILES string of the molecule is O=C(CN1C(=O)S/C(=C/c2cccs2)C1=O)Nc1cccc2ccccc12. The fourth-order valence-electron chi connectivity index (χ4n) is 2.81. The summed E-state index contributed by atoms with van der Waals surface area (Å²) in [5.74, 6) is -0.850. The van der Waals surface area contributed by atoms with E-state index in [1.807, 2.05) is 53.9 Å². The number of hydrogen-bond donors (Lipinski definition) is 1. The fraction of sp³-hybridized carbons (Fsp3) is 0.0500. The van der Waals surface area contributed by atoms with Crippen molar-refractivity contribution in [3.8, 4) is 0 Å². The fourth-order valence-corrected chi connectivity index (χ4v) is 4.37. The van der Waals surface area contributed by atoms with Crippen LogP contribution < -0.4 is 5.32 Å². The minimum Gasteiger partial charge on any atom is -0.324 e. The van der Waals surface area contributed by atoms with Crippen LogP contribution in [0, 0.1) is 0 Å². The van der Waals surface area contributed by atoms with Crippen LogP contribution in [0.5, 0.6) is 0 Å². The molecule has 0 aliphatic carbocycles. The predicted molar refractivity (Wildman–Crippen MR) is 110 cm³/mol. The summed E-state index contributed by atoms with van der Waals surface area (Å²) < 4.78 is 0. The average molecular weight is 394 g/mol. The zero-order chi connectivity index (χ0) is 18.8. The van der Waals surface area contributed by atoms with E-state index in [9.17, 15) is 14.4 Å². The third-order valence-electron chi connectivity index (χ3n) is 4.06. The number of rotatable bonds is 4. The lowest BCUT2D eigenvalue weighted by molar-refractivity contribution is -0.127. The summed E-state index contributed by atoms with van der Waals surface area (Å²) in [5, 5.41) is 6.17. The normalized spacial score (nSPS) is 15.7. The Bertz CT molecular complexity index is 1070. The summed E-state index contributed by atoms with van der Waals surface area (Å²) >= 11 is 2.34. The first-order valence-corrected chi connectivity index (χ1v) is 9.88. The number of carbonyl (C=O) groups excluding carboxylic acids is 3. The largest absolute Gasteiger partial charge is 0.324 e. The van der Waals surface area contributed by atoms with Crippen molar-refractivity contribution in [2.24, 2.45) is 0 Å². The van der Waals surface area contributed by atoms with Crippen LogP contribution in [0.15, 0.2) is 64.9 Å². The molecule has 2 aromatic carbocycles. The summed E-state index contributed by atoms with van der Waals surface area (Å²) in [6, 6.07) is 17.0. The number of fused-ring (bicyclic) bond motifs is 1. The van der Waals surface area contributed by atoms with E-state index in [1.54, 1.807) is 12.1 Å². The van der Waals surface area contributed by atoms with Crippen molar-refractivity contribution in [2.75, 3.05) is 11.9 Å². The van der Waals surface area contributed by atoms with Crippen LogP contribution in [-0.2, 0) is 9.59 Å². The second-order valence-corrected chi connectivity index (χ2v) is 7.83. The lowest BCUT2D eigenvalue weighted by atomic mass is 10.1. The predicted octanol–water partition coefficient (Wildman–Crippen LogP) is 4.58. The molecule has 5 nitrogen and oxygen atoms in total. The Hall–Kier alpha value is -2.90. The number of nitrogens with zero attached hydrogens (tertiary/aromatic N) is 1. The standard InChI is InChI=1S/C20H14N2O3S2/c23-18(21-16-9-3-6-13-5-1-2-8-15(13)16)12-22-19(24)17(27-20(22)25)11-14-7-4-10-26-14/h1-11H,12H2,(H,21,23)/b17-11+. The van der Waals surface area contributed by atoms with Crippen LogP contribution in [0.4, 0.5) is 10.5 Å². The summed E-state index contributed by atoms with van der Waals surface area (Å²) in [4.78, 5) is 39.3. The molecule has 1 aliphatic rings. The quantitative estimate of drug-likeness (QED) is 0.658. The number of imide groups is 1. The molecule has 1 aromatic heterocycles. The van der Waals surface area contributed by atoms with Gasteiger partial charge in [0.05, 0.1) is 4.91 Å². The molecule has 1 N–H and O–H groups in total. The Morgan fingerprint density at radius 1 is 1.04 bits per heavy atom. The summed E-state index contributed by atoms with van der Waals surface area (Å²) in [6.45, 7) is -0.310. The van der Waals surface area contributed by atoms with E-state index in [0.717, 1.165) is 32.3 Å². The van der Waals surface area contributed by atoms with Gasteiger partial charge in [-0.15, -0.1) is 11.3 Å². The monoisotopic (exact) mass is 394 g/mol. The Balaban J connectivity index is 1.49. The molecule has 1 fully saturated rings. The second kappa shape index (κ2) is 7.38. The third kappa shape index (κ3) is 3.65. The van der Waals surface area contributed by atoms with E-state index in [2.05, 4.69) is 5.32 Å². The van der Waals surface area contributed by atoms with Gasteiger partial charge in [-0.2, -0.15) is 0 Å². The highest BCUT2D eigenvalue weighted by Gasteiger charge is 2.36. The van der Waals surface area contributed by atoms with Crippen molar-refractivity contribution in [1.82, 2.24) is 4.90 Å². The van der Waals surface area contributed by atoms with Crippen molar-refractivity contribution in [3.63, 3.8) is 0 Å². The molecule has 3 aromatic rings. The average Bonchev–Trinajstić information content (AvgIpc) is 3.26. The first kappa shape index (κ1) is 17.5. The maximum Gasteiger partial charge on any atom is 0.294 e. The van der Waals surface area contributed by atoms with Gasteiger partial charge in [-0.05, 0) is 40.7 Å². The van der Waals surface area contributed by atoms with Crippen LogP contribution in [0.2, 0.25) is 0 Å². The van der Waals surface area contributed by atoms with Crippen molar-refractivity contribution in [2.45, 2.75) is 0 Å². The molecule has 0 saturated carbocycles. The zero-order valence-corrected chi connectivity index (χ0v) is 15.7. The number of amides is 3. The lowest BCUT2D eigenvalue weighted by Gasteiger charge is -2.13. The van der Waals surface area contributed by atoms with E-state index in [0.29, 0.717) is 10.6 Å². The first-order valence-electron chi connectivity index (χ1n) is 8.18. The smallest absolute Gasteiger partial charge is 0.294 e. The Labute approximate surface area is 163 Å². The molecule has 134 valence electrons. The van der Waals surface area contributed by atoms with Gasteiger partial charge in [-0.1, -0.05) is 42.5 Å². The Morgan fingerprint density at radius 3 is 2.67 bits per heavy atom. The minimum absolute atomic E-state index is 0.310. The maximum atomic E-state index is 12.5. The highest BCUT2D eigenvalue weighted by Crippen LogP contribution is 2.33. The zero-order valence-electron chi connectivity index (χ0n) is 14.0. The van der Waals surface area contributed by atoms with Crippen molar-refractivity contribution in [1.29, 1.82) is 0 Å². The molecule has 0 unspecified atom stereocenters. The molecule has 1 aliphatic heterocycles. The Morgan fingerprint density at radius 2 is 1.85 bits per heavy atom. The van der Waals surface area contributed by atoms with Crippen LogP contribution in [0.3, 0.4) is 0 Å². The van der Waals surface area contributed by atoms with Crippen molar-refractivity contribution >= 4 is 62.7 Å². The maximum absolute atomic E-state index is 12.5. The molecule has 0 bridgehead atoms. The van der Waals surface area contributed by atoms with Crippen LogP contribution in [0.25, 0.3) is 16.8 Å². The van der Waals surface area contributed by atoms with Gasteiger partial charge in [-0.25, -0.2) is 0 Å². The lowest BCUT2D eigenvalue weighted by Crippen LogP contribution is -2.36. The van der Waals surface area contributed by atoms with Gasteiger partial charge in [0.15, 0.2) is 0 Å². The van der Waals surface area contributed by atoms with Gasteiger partial charge in [0.1, 0.15) is 6.54 Å². The molecule has 0 spiro atoms. The second-order valence-electron chi connectivity index (χ2n) is 5.86. The minimum atomic E-state index is -0.438. The van der Waals surface area contributed by atoms with E-state index < -0.39 is 17.1 Å². The molecule has 2 heterocycles. The summed E-state index contributed by atoms with van der Waals surface area (Å²) in [6.07, 6.45) is 1.68. The highest BCUT2D eigenvalue weighted by molar-refractivity contribution is 8.18. The topological polar surface area (TPSA) is 66.5 Å². The van der Waals surface area contributed by atoms with E-state index in [4.69, 9.17) is 0 Å². The van der Waals surface area contributed by atoms with Crippen LogP contribution in [0.1, 0.15) is 4.88 Å². The van der Waals surface area contributed by atoms with Gasteiger partial charge < -0.3 is 5.32 Å².